The first-order chi connectivity index (χ1) is 9.34. The summed E-state index contributed by atoms with van der Waals surface area (Å²) < 4.78 is 0. The fraction of sp³-hybridized carbons (Fsp3) is 0.533. The molecule has 0 atom stereocenters. The van der Waals surface area contributed by atoms with Crippen LogP contribution in [0, 0.1) is 0 Å². The van der Waals surface area contributed by atoms with Crippen LogP contribution in [-0.2, 0) is 0 Å². The highest BCUT2D eigenvalue weighted by Gasteiger charge is 2.08. The van der Waals surface area contributed by atoms with Crippen molar-refractivity contribution in [1.29, 1.82) is 0 Å². The number of hydrogen-bond donors (Lipinski definition) is 2. The molecular formula is C15H23N3O. The molecule has 0 unspecified atom stereocenters. The van der Waals surface area contributed by atoms with E-state index in [1.54, 1.807) is 0 Å². The topological polar surface area (TPSA) is 44.4 Å². The van der Waals surface area contributed by atoms with Gasteiger partial charge in [0.05, 0.1) is 0 Å². The van der Waals surface area contributed by atoms with Crippen molar-refractivity contribution >= 4 is 11.7 Å². The van der Waals surface area contributed by atoms with Crippen molar-refractivity contribution in [3.8, 4) is 0 Å². The summed E-state index contributed by atoms with van der Waals surface area (Å²) in [6, 6.07) is 9.39. The number of hydrogen-bond acceptors (Lipinski definition) is 2. The normalized spacial score (nSPS) is 16.6. The fourth-order valence-corrected chi connectivity index (χ4v) is 2.38. The minimum Gasteiger partial charge on any atom is -0.337 e. The van der Waals surface area contributed by atoms with Gasteiger partial charge in [0.1, 0.15) is 0 Å². The van der Waals surface area contributed by atoms with Crippen molar-refractivity contribution in [1.82, 2.24) is 10.2 Å². The van der Waals surface area contributed by atoms with E-state index in [1.807, 2.05) is 30.3 Å². The van der Waals surface area contributed by atoms with Gasteiger partial charge in [-0.05, 0) is 38.1 Å². The van der Waals surface area contributed by atoms with Crippen LogP contribution in [0.2, 0.25) is 0 Å². The predicted octanol–water partition coefficient (Wildman–Crippen LogP) is 2.68. The Morgan fingerprint density at radius 2 is 1.74 bits per heavy atom. The molecule has 2 amide bonds. The zero-order valence-corrected chi connectivity index (χ0v) is 11.4. The van der Waals surface area contributed by atoms with Gasteiger partial charge in [0.25, 0.3) is 0 Å². The maximum absolute atomic E-state index is 11.7. The molecule has 1 aromatic rings. The first-order valence-electron chi connectivity index (χ1n) is 7.17. The van der Waals surface area contributed by atoms with Gasteiger partial charge in [0, 0.05) is 18.8 Å². The van der Waals surface area contributed by atoms with Crippen LogP contribution in [0.25, 0.3) is 0 Å². The van der Waals surface area contributed by atoms with Crippen LogP contribution < -0.4 is 10.6 Å². The number of urea groups is 1. The molecule has 4 heteroatoms. The molecule has 1 fully saturated rings. The van der Waals surface area contributed by atoms with E-state index in [0.717, 1.165) is 12.2 Å². The van der Waals surface area contributed by atoms with Crippen molar-refractivity contribution in [3.63, 3.8) is 0 Å². The molecule has 1 saturated heterocycles. The van der Waals surface area contributed by atoms with E-state index in [2.05, 4.69) is 15.5 Å². The maximum Gasteiger partial charge on any atom is 0.319 e. The summed E-state index contributed by atoms with van der Waals surface area (Å²) in [6.45, 7) is 3.99. The Bertz CT molecular complexity index is 372. The minimum absolute atomic E-state index is 0.124. The van der Waals surface area contributed by atoms with Crippen LogP contribution in [0.15, 0.2) is 30.3 Å². The van der Waals surface area contributed by atoms with Crippen LogP contribution in [-0.4, -0.2) is 37.1 Å². The minimum atomic E-state index is -0.124. The van der Waals surface area contributed by atoms with Gasteiger partial charge in [-0.3, -0.25) is 0 Å². The van der Waals surface area contributed by atoms with Crippen LogP contribution in [0.4, 0.5) is 10.5 Å². The van der Waals surface area contributed by atoms with E-state index in [-0.39, 0.29) is 6.03 Å². The summed E-state index contributed by atoms with van der Waals surface area (Å²) in [6.07, 6.45) is 5.27. The SMILES string of the molecule is O=C(NCCN1CCCCCC1)Nc1ccccc1. The molecule has 0 bridgehead atoms. The first-order valence-corrected chi connectivity index (χ1v) is 7.17. The third-order valence-corrected chi connectivity index (χ3v) is 3.44. The lowest BCUT2D eigenvalue weighted by Crippen LogP contribution is -2.37. The van der Waals surface area contributed by atoms with Gasteiger partial charge in [-0.2, -0.15) is 0 Å². The highest BCUT2D eigenvalue weighted by Crippen LogP contribution is 2.08. The van der Waals surface area contributed by atoms with E-state index >= 15 is 0 Å². The molecule has 104 valence electrons. The van der Waals surface area contributed by atoms with Crippen molar-refractivity contribution in [2.24, 2.45) is 0 Å². The molecule has 2 N–H and O–H groups in total. The number of rotatable bonds is 4. The van der Waals surface area contributed by atoms with E-state index in [1.165, 1.54) is 38.8 Å². The van der Waals surface area contributed by atoms with Gasteiger partial charge in [0.2, 0.25) is 0 Å². The zero-order valence-electron chi connectivity index (χ0n) is 11.4. The Balaban J connectivity index is 1.63. The zero-order chi connectivity index (χ0) is 13.3. The summed E-state index contributed by atoms with van der Waals surface area (Å²) in [5.41, 5.74) is 0.828. The van der Waals surface area contributed by atoms with E-state index in [0.29, 0.717) is 6.54 Å². The summed E-state index contributed by atoms with van der Waals surface area (Å²) in [4.78, 5) is 14.1. The van der Waals surface area contributed by atoms with E-state index < -0.39 is 0 Å². The fourth-order valence-electron chi connectivity index (χ4n) is 2.38. The highest BCUT2D eigenvalue weighted by atomic mass is 16.2. The number of carbonyl (C=O) groups is 1. The molecule has 1 aliphatic heterocycles. The van der Waals surface area contributed by atoms with Crippen LogP contribution >= 0.6 is 0 Å². The van der Waals surface area contributed by atoms with Crippen molar-refractivity contribution in [2.45, 2.75) is 25.7 Å². The molecule has 1 heterocycles. The van der Waals surface area contributed by atoms with Gasteiger partial charge in [0.15, 0.2) is 0 Å². The number of carbonyl (C=O) groups excluding carboxylic acids is 1. The maximum atomic E-state index is 11.7. The van der Waals surface area contributed by atoms with E-state index in [9.17, 15) is 4.79 Å². The molecule has 0 radical (unpaired) electrons. The van der Waals surface area contributed by atoms with Gasteiger partial charge in [-0.15, -0.1) is 0 Å². The largest absolute Gasteiger partial charge is 0.337 e. The quantitative estimate of drug-likeness (QED) is 0.875. The molecular weight excluding hydrogens is 238 g/mol. The van der Waals surface area contributed by atoms with Gasteiger partial charge in [-0.1, -0.05) is 31.0 Å². The number of anilines is 1. The summed E-state index contributed by atoms with van der Waals surface area (Å²) in [7, 11) is 0. The second-order valence-corrected chi connectivity index (χ2v) is 5.00. The van der Waals surface area contributed by atoms with Gasteiger partial charge >= 0.3 is 6.03 Å². The lowest BCUT2D eigenvalue weighted by atomic mass is 10.2. The Hall–Kier alpha value is -1.55. The van der Waals surface area contributed by atoms with E-state index in [4.69, 9.17) is 0 Å². The Kier molecular flexibility index (Phi) is 5.69. The predicted molar refractivity (Wildman–Crippen MR) is 78.4 cm³/mol. The molecule has 0 spiro atoms. The Labute approximate surface area is 115 Å². The smallest absolute Gasteiger partial charge is 0.319 e. The summed E-state index contributed by atoms with van der Waals surface area (Å²) in [5, 5.41) is 5.73. The number of amides is 2. The third kappa shape index (κ3) is 5.30. The van der Waals surface area contributed by atoms with Gasteiger partial charge < -0.3 is 15.5 Å². The molecule has 19 heavy (non-hydrogen) atoms. The molecule has 0 aromatic heterocycles. The second-order valence-electron chi connectivity index (χ2n) is 5.00. The number of para-hydroxylation sites is 1. The molecule has 4 nitrogen and oxygen atoms in total. The lowest BCUT2D eigenvalue weighted by molar-refractivity contribution is 0.246. The van der Waals surface area contributed by atoms with Crippen molar-refractivity contribution in [2.75, 3.05) is 31.5 Å². The average Bonchev–Trinajstić information content (AvgIpc) is 2.68. The molecule has 1 aliphatic rings. The lowest BCUT2D eigenvalue weighted by Gasteiger charge is -2.19. The second kappa shape index (κ2) is 7.79. The number of nitrogens with one attached hydrogen (secondary N) is 2. The van der Waals surface area contributed by atoms with Gasteiger partial charge in [-0.25, -0.2) is 4.79 Å². The number of benzene rings is 1. The Morgan fingerprint density at radius 1 is 1.05 bits per heavy atom. The van der Waals surface area contributed by atoms with Crippen LogP contribution in [0.3, 0.4) is 0 Å². The van der Waals surface area contributed by atoms with Crippen molar-refractivity contribution < 1.29 is 4.79 Å². The highest BCUT2D eigenvalue weighted by molar-refractivity contribution is 5.89. The third-order valence-electron chi connectivity index (χ3n) is 3.44. The van der Waals surface area contributed by atoms with Crippen LogP contribution in [0.5, 0.6) is 0 Å². The monoisotopic (exact) mass is 261 g/mol. The van der Waals surface area contributed by atoms with Crippen molar-refractivity contribution in [3.05, 3.63) is 30.3 Å². The number of nitrogens with zero attached hydrogens (tertiary/aromatic N) is 1. The Morgan fingerprint density at radius 3 is 2.42 bits per heavy atom. The van der Waals surface area contributed by atoms with Crippen LogP contribution in [0.1, 0.15) is 25.7 Å². The standard InChI is InChI=1S/C15H23N3O/c19-15(17-14-8-4-3-5-9-14)16-10-13-18-11-6-1-2-7-12-18/h3-5,8-9H,1-2,6-7,10-13H2,(H2,16,17,19). The molecule has 0 saturated carbocycles. The molecule has 1 aromatic carbocycles. The summed E-state index contributed by atoms with van der Waals surface area (Å²) in [5.74, 6) is 0. The number of likely N-dealkylation sites (tertiary alicyclic amines) is 1. The molecule has 2 rings (SSSR count). The average molecular weight is 261 g/mol. The molecule has 0 aliphatic carbocycles. The summed E-state index contributed by atoms with van der Waals surface area (Å²) >= 11 is 0. The first kappa shape index (κ1) is 13.9.